The Morgan fingerprint density at radius 2 is 2.12 bits per heavy atom. The lowest BCUT2D eigenvalue weighted by Gasteiger charge is -2.27. The lowest BCUT2D eigenvalue weighted by molar-refractivity contribution is 0.0579. The van der Waals surface area contributed by atoms with Gasteiger partial charge in [-0.15, -0.1) is 0 Å². The number of pyridine rings is 1. The topological polar surface area (TPSA) is 119 Å². The van der Waals surface area contributed by atoms with Crippen LogP contribution in [-0.4, -0.2) is 63.0 Å². The average molecular weight is 474 g/mol. The maximum atomic E-state index is 12.8. The first-order valence-corrected chi connectivity index (χ1v) is 11.2. The van der Waals surface area contributed by atoms with Gasteiger partial charge in [-0.1, -0.05) is 18.5 Å². The third-order valence-electron chi connectivity index (χ3n) is 5.96. The number of aromatic nitrogens is 4. The van der Waals surface area contributed by atoms with E-state index in [9.17, 15) is 9.90 Å². The van der Waals surface area contributed by atoms with Crippen LogP contribution in [0.1, 0.15) is 37.7 Å². The van der Waals surface area contributed by atoms with Crippen LogP contribution >= 0.6 is 11.6 Å². The first kappa shape index (κ1) is 23.2. The zero-order chi connectivity index (χ0) is 23.9. The minimum absolute atomic E-state index is 0.0853. The summed E-state index contributed by atoms with van der Waals surface area (Å²) in [6.07, 6.45) is 0.0255. The molecule has 2 aromatic heterocycles. The average Bonchev–Trinajstić information content (AvgIpc) is 3.07. The van der Waals surface area contributed by atoms with Gasteiger partial charge in [0.2, 0.25) is 11.9 Å². The van der Waals surface area contributed by atoms with Gasteiger partial charge in [-0.25, -0.2) is 0 Å². The van der Waals surface area contributed by atoms with Gasteiger partial charge in [0.25, 0.3) is 5.56 Å². The molecule has 176 valence electrons. The predicted octanol–water partition coefficient (Wildman–Crippen LogP) is 2.66. The minimum Gasteiger partial charge on any atom is -0.495 e. The molecule has 0 radical (unpaired) electrons. The number of benzene rings is 1. The second-order valence-corrected chi connectivity index (χ2v) is 8.61. The summed E-state index contributed by atoms with van der Waals surface area (Å²) in [5, 5.41) is 15.0. The molecule has 0 spiro atoms. The number of nitrogens with zero attached hydrogens (tertiary/aromatic N) is 5. The number of aromatic amines is 1. The lowest BCUT2D eigenvalue weighted by Crippen LogP contribution is -2.41. The van der Waals surface area contributed by atoms with E-state index in [-0.39, 0.29) is 11.6 Å². The van der Waals surface area contributed by atoms with Crippen molar-refractivity contribution in [3.05, 3.63) is 45.0 Å². The molecular formula is C22H28ClN7O3. The minimum atomic E-state index is -0.813. The Kier molecular flexibility index (Phi) is 6.42. The zero-order valence-electron chi connectivity index (χ0n) is 19.3. The Balaban J connectivity index is 1.65. The number of aliphatic hydroxyl groups excluding tert-OH is 1. The van der Waals surface area contributed by atoms with Crippen LogP contribution in [-0.2, 0) is 0 Å². The number of ether oxygens (including phenoxy) is 1. The van der Waals surface area contributed by atoms with Gasteiger partial charge >= 0.3 is 0 Å². The monoisotopic (exact) mass is 473 g/mol. The number of halogens is 1. The van der Waals surface area contributed by atoms with Crippen LogP contribution in [0.15, 0.2) is 23.0 Å². The molecule has 4 rings (SSSR count). The largest absolute Gasteiger partial charge is 0.495 e. The maximum absolute atomic E-state index is 12.8. The molecule has 1 fully saturated rings. The van der Waals surface area contributed by atoms with Crippen LogP contribution in [0.3, 0.4) is 0 Å². The summed E-state index contributed by atoms with van der Waals surface area (Å²) in [6.45, 7) is 6.40. The predicted molar refractivity (Wildman–Crippen MR) is 128 cm³/mol. The van der Waals surface area contributed by atoms with Crippen molar-refractivity contribution in [3.8, 4) is 5.75 Å². The molecule has 3 atom stereocenters. The fourth-order valence-corrected chi connectivity index (χ4v) is 4.44. The van der Waals surface area contributed by atoms with Gasteiger partial charge in [-0.3, -0.25) is 14.6 Å². The summed E-state index contributed by atoms with van der Waals surface area (Å²) in [4.78, 5) is 32.7. The molecule has 1 aromatic carbocycles. The lowest BCUT2D eigenvalue weighted by atomic mass is 10.1. The Morgan fingerprint density at radius 3 is 2.82 bits per heavy atom. The Labute approximate surface area is 196 Å². The number of rotatable bonds is 6. The van der Waals surface area contributed by atoms with Crippen molar-refractivity contribution in [2.45, 2.75) is 45.6 Å². The molecular weight excluding hydrogens is 446 g/mol. The van der Waals surface area contributed by atoms with Crippen molar-refractivity contribution >= 4 is 34.4 Å². The SMILES string of the molecule is CC[C@H]1CN(C)C(O)N1c1nc(C)nc(N[C@@H](C)c2cc3ccc(OC)c(Cl)c3[nH]c2=O)n1. The van der Waals surface area contributed by atoms with Crippen molar-refractivity contribution in [2.24, 2.45) is 0 Å². The fourth-order valence-electron chi connectivity index (χ4n) is 4.14. The van der Waals surface area contributed by atoms with E-state index >= 15 is 0 Å². The van der Waals surface area contributed by atoms with E-state index in [4.69, 9.17) is 16.3 Å². The molecule has 1 unspecified atom stereocenters. The van der Waals surface area contributed by atoms with E-state index < -0.39 is 12.4 Å². The molecule has 1 saturated heterocycles. The van der Waals surface area contributed by atoms with Gasteiger partial charge in [0, 0.05) is 23.5 Å². The summed E-state index contributed by atoms with van der Waals surface area (Å²) in [6, 6.07) is 5.07. The van der Waals surface area contributed by atoms with Crippen molar-refractivity contribution in [1.29, 1.82) is 0 Å². The van der Waals surface area contributed by atoms with Crippen molar-refractivity contribution in [2.75, 3.05) is 30.9 Å². The Hall–Kier alpha value is -2.95. The van der Waals surface area contributed by atoms with E-state index in [2.05, 4.69) is 32.2 Å². The van der Waals surface area contributed by atoms with E-state index in [1.165, 1.54) is 7.11 Å². The molecule has 3 aromatic rings. The molecule has 3 heterocycles. The molecule has 1 aliphatic heterocycles. The smallest absolute Gasteiger partial charge is 0.253 e. The number of hydrogen-bond donors (Lipinski definition) is 3. The van der Waals surface area contributed by atoms with Crippen LogP contribution in [0.4, 0.5) is 11.9 Å². The molecule has 1 aliphatic rings. The molecule has 10 nitrogen and oxygen atoms in total. The number of anilines is 2. The van der Waals surface area contributed by atoms with Crippen molar-refractivity contribution in [1.82, 2.24) is 24.8 Å². The summed E-state index contributed by atoms with van der Waals surface area (Å²) in [7, 11) is 3.38. The van der Waals surface area contributed by atoms with Crippen LogP contribution in [0.5, 0.6) is 5.75 Å². The molecule has 0 amide bonds. The first-order chi connectivity index (χ1) is 15.7. The third-order valence-corrected chi connectivity index (χ3v) is 6.33. The number of fused-ring (bicyclic) bond motifs is 1. The molecule has 33 heavy (non-hydrogen) atoms. The number of aliphatic hydroxyl groups is 1. The Bertz CT molecular complexity index is 1230. The summed E-state index contributed by atoms with van der Waals surface area (Å²) >= 11 is 6.35. The van der Waals surface area contributed by atoms with Crippen molar-refractivity contribution < 1.29 is 9.84 Å². The highest BCUT2D eigenvalue weighted by Crippen LogP contribution is 2.32. The van der Waals surface area contributed by atoms with Crippen molar-refractivity contribution in [3.63, 3.8) is 0 Å². The number of likely N-dealkylation sites (N-methyl/N-ethyl adjacent to an activating group) is 1. The number of H-pyrrole nitrogens is 1. The number of hydrogen-bond acceptors (Lipinski definition) is 9. The number of methoxy groups -OCH3 is 1. The highest BCUT2D eigenvalue weighted by atomic mass is 35.5. The van der Waals surface area contributed by atoms with Gasteiger partial charge in [-0.05, 0) is 45.5 Å². The second-order valence-electron chi connectivity index (χ2n) is 8.23. The highest BCUT2D eigenvalue weighted by molar-refractivity contribution is 6.36. The number of nitrogens with one attached hydrogen (secondary N) is 2. The van der Waals surface area contributed by atoms with Gasteiger partial charge in [0.1, 0.15) is 16.6 Å². The Morgan fingerprint density at radius 1 is 1.36 bits per heavy atom. The van der Waals surface area contributed by atoms with Crippen LogP contribution in [0.25, 0.3) is 10.9 Å². The summed E-state index contributed by atoms with van der Waals surface area (Å²) < 4.78 is 5.23. The van der Waals surface area contributed by atoms with Gasteiger partial charge < -0.3 is 20.1 Å². The normalized spacial score (nSPS) is 19.8. The molecule has 0 saturated carbocycles. The molecule has 3 N–H and O–H groups in total. The molecule has 11 heteroatoms. The van der Waals surface area contributed by atoms with Crippen LogP contribution in [0, 0.1) is 6.92 Å². The summed E-state index contributed by atoms with van der Waals surface area (Å²) in [5.74, 6) is 1.73. The van der Waals surface area contributed by atoms with Crippen LogP contribution in [0.2, 0.25) is 5.02 Å². The van der Waals surface area contributed by atoms with E-state index in [1.807, 2.05) is 24.9 Å². The quantitative estimate of drug-likeness (QED) is 0.496. The van der Waals surface area contributed by atoms with Gasteiger partial charge in [0.15, 0.2) is 6.35 Å². The first-order valence-electron chi connectivity index (χ1n) is 10.8. The standard InChI is InChI=1S/C22H28ClN7O3/c1-6-14-10-29(4)22(32)30(14)21-26-12(3)25-20(28-21)24-11(2)15-9-13-7-8-16(33-5)17(23)18(13)27-19(15)31/h7-9,11,14,22,32H,6,10H2,1-5H3,(H,27,31)(H,24,25,26,28)/t11-,14-,22?/m0/s1. The zero-order valence-corrected chi connectivity index (χ0v) is 20.0. The fraction of sp³-hybridized carbons (Fsp3) is 0.455. The van der Waals surface area contributed by atoms with Gasteiger partial charge in [-0.2, -0.15) is 15.0 Å². The van der Waals surface area contributed by atoms with E-state index in [0.717, 1.165) is 11.8 Å². The number of aryl methyl sites for hydroxylation is 1. The van der Waals surface area contributed by atoms with Crippen LogP contribution < -0.4 is 20.5 Å². The summed E-state index contributed by atoms with van der Waals surface area (Å²) in [5.41, 5.74) is 0.759. The highest BCUT2D eigenvalue weighted by Gasteiger charge is 2.37. The van der Waals surface area contributed by atoms with Gasteiger partial charge in [0.05, 0.1) is 18.7 Å². The van der Waals surface area contributed by atoms with E-state index in [1.54, 1.807) is 24.0 Å². The maximum Gasteiger partial charge on any atom is 0.253 e. The second kappa shape index (κ2) is 9.12. The molecule has 0 aliphatic carbocycles. The third kappa shape index (κ3) is 4.33. The molecule has 0 bridgehead atoms. The van der Waals surface area contributed by atoms with E-state index in [0.29, 0.717) is 46.1 Å².